The molecule has 0 aromatic carbocycles. The Labute approximate surface area is 116 Å². The van der Waals surface area contributed by atoms with Gasteiger partial charge >= 0.3 is 0 Å². The summed E-state index contributed by atoms with van der Waals surface area (Å²) in [6.07, 6.45) is 1.49. The first-order chi connectivity index (χ1) is 9.00. The average Bonchev–Trinajstić information content (AvgIpc) is 2.96. The lowest BCUT2D eigenvalue weighted by Crippen LogP contribution is -2.33. The minimum atomic E-state index is -0.190. The second-order valence-corrected chi connectivity index (χ2v) is 5.76. The van der Waals surface area contributed by atoms with Gasteiger partial charge in [0.15, 0.2) is 0 Å². The number of rotatable bonds is 4. The Morgan fingerprint density at radius 1 is 1.53 bits per heavy atom. The second-order valence-electron chi connectivity index (χ2n) is 4.78. The smallest absolute Gasteiger partial charge is 0.272 e. The number of nitrogens with one attached hydrogen (secondary N) is 1. The normalized spacial score (nSPS) is 12.6. The number of hydrogen-bond acceptors (Lipinski definition) is 4. The van der Waals surface area contributed by atoms with Gasteiger partial charge in [-0.2, -0.15) is 5.10 Å². The van der Waals surface area contributed by atoms with Gasteiger partial charge in [0.1, 0.15) is 5.69 Å². The number of carbonyl (C=O) groups excluding carboxylic acids is 1. The van der Waals surface area contributed by atoms with Crippen LogP contribution in [0.2, 0.25) is 0 Å². The summed E-state index contributed by atoms with van der Waals surface area (Å²) in [4.78, 5) is 13.5. The van der Waals surface area contributed by atoms with E-state index in [2.05, 4.69) is 24.3 Å². The van der Waals surface area contributed by atoms with E-state index < -0.39 is 0 Å². The van der Waals surface area contributed by atoms with E-state index in [1.165, 1.54) is 10.9 Å². The monoisotopic (exact) mass is 278 g/mol. The van der Waals surface area contributed by atoms with Crippen molar-refractivity contribution in [1.29, 1.82) is 0 Å². The minimum Gasteiger partial charge on any atom is -0.396 e. The van der Waals surface area contributed by atoms with E-state index in [4.69, 9.17) is 5.73 Å². The van der Waals surface area contributed by atoms with Gasteiger partial charge in [0.25, 0.3) is 5.91 Å². The van der Waals surface area contributed by atoms with Crippen LogP contribution in [0, 0.1) is 5.92 Å². The molecular weight excluding hydrogens is 260 g/mol. The van der Waals surface area contributed by atoms with Gasteiger partial charge < -0.3 is 11.1 Å². The zero-order chi connectivity index (χ0) is 14.0. The van der Waals surface area contributed by atoms with Crippen LogP contribution >= 0.6 is 11.3 Å². The molecule has 19 heavy (non-hydrogen) atoms. The van der Waals surface area contributed by atoms with E-state index in [-0.39, 0.29) is 11.9 Å². The zero-order valence-electron chi connectivity index (χ0n) is 11.3. The Balaban J connectivity index is 2.21. The first-order valence-electron chi connectivity index (χ1n) is 6.12. The Morgan fingerprint density at radius 3 is 2.74 bits per heavy atom. The summed E-state index contributed by atoms with van der Waals surface area (Å²) in [5.74, 6) is 0.113. The van der Waals surface area contributed by atoms with E-state index >= 15 is 0 Å². The zero-order valence-corrected chi connectivity index (χ0v) is 12.1. The maximum Gasteiger partial charge on any atom is 0.272 e. The molecule has 0 saturated heterocycles. The fraction of sp³-hybridized carbons (Fsp3) is 0.385. The van der Waals surface area contributed by atoms with Crippen LogP contribution in [0.4, 0.5) is 5.69 Å². The van der Waals surface area contributed by atoms with Crippen LogP contribution in [0.5, 0.6) is 0 Å². The molecule has 0 radical (unpaired) electrons. The molecule has 3 N–H and O–H groups in total. The average molecular weight is 278 g/mol. The third-order valence-electron chi connectivity index (χ3n) is 2.99. The molecule has 2 rings (SSSR count). The Kier molecular flexibility index (Phi) is 3.90. The lowest BCUT2D eigenvalue weighted by molar-refractivity contribution is 0.0918. The molecule has 0 saturated carbocycles. The highest BCUT2D eigenvalue weighted by Crippen LogP contribution is 2.26. The van der Waals surface area contributed by atoms with Gasteiger partial charge in [-0.1, -0.05) is 19.9 Å². The number of amides is 1. The predicted molar refractivity (Wildman–Crippen MR) is 77.0 cm³/mol. The summed E-state index contributed by atoms with van der Waals surface area (Å²) in [6, 6.07) is 4.00. The maximum absolute atomic E-state index is 12.3. The number of anilines is 1. The van der Waals surface area contributed by atoms with Crippen molar-refractivity contribution in [1.82, 2.24) is 15.1 Å². The molecule has 102 valence electrons. The van der Waals surface area contributed by atoms with Crippen LogP contribution in [0.1, 0.15) is 35.3 Å². The van der Waals surface area contributed by atoms with Crippen LogP contribution in [0.3, 0.4) is 0 Å². The van der Waals surface area contributed by atoms with Gasteiger partial charge in [-0.15, -0.1) is 11.3 Å². The van der Waals surface area contributed by atoms with Gasteiger partial charge in [-0.05, 0) is 17.4 Å². The van der Waals surface area contributed by atoms with Crippen molar-refractivity contribution in [2.75, 3.05) is 5.73 Å². The number of aromatic nitrogens is 2. The highest BCUT2D eigenvalue weighted by atomic mass is 32.1. The molecule has 5 nitrogen and oxygen atoms in total. The number of aryl methyl sites for hydroxylation is 1. The Hall–Kier alpha value is -1.82. The third-order valence-corrected chi connectivity index (χ3v) is 3.94. The van der Waals surface area contributed by atoms with Crippen LogP contribution in [0.15, 0.2) is 23.7 Å². The van der Waals surface area contributed by atoms with Crippen molar-refractivity contribution < 1.29 is 4.79 Å². The van der Waals surface area contributed by atoms with Crippen molar-refractivity contribution >= 4 is 22.9 Å². The summed E-state index contributed by atoms with van der Waals surface area (Å²) in [5.41, 5.74) is 6.57. The van der Waals surface area contributed by atoms with E-state index in [1.54, 1.807) is 18.4 Å². The quantitative estimate of drug-likeness (QED) is 0.900. The van der Waals surface area contributed by atoms with Crippen LogP contribution in [-0.4, -0.2) is 15.7 Å². The Bertz CT molecular complexity index is 540. The topological polar surface area (TPSA) is 72.9 Å². The van der Waals surface area contributed by atoms with E-state index in [1.807, 2.05) is 17.5 Å². The van der Waals surface area contributed by atoms with Crippen LogP contribution in [0.25, 0.3) is 0 Å². The SMILES string of the molecule is CC(C)C(NC(=O)c1c(N)cnn1C)c1cccs1. The molecule has 0 aliphatic heterocycles. The van der Waals surface area contributed by atoms with Crippen molar-refractivity contribution in [2.24, 2.45) is 13.0 Å². The molecule has 1 atom stereocenters. The number of hydrogen-bond donors (Lipinski definition) is 2. The lowest BCUT2D eigenvalue weighted by atomic mass is 10.0. The fourth-order valence-corrected chi connectivity index (χ4v) is 2.93. The molecule has 1 amide bonds. The highest BCUT2D eigenvalue weighted by molar-refractivity contribution is 7.10. The van der Waals surface area contributed by atoms with E-state index in [0.29, 0.717) is 17.3 Å². The molecule has 2 aromatic heterocycles. The third kappa shape index (κ3) is 2.78. The van der Waals surface area contributed by atoms with E-state index in [0.717, 1.165) is 4.88 Å². The van der Waals surface area contributed by atoms with Crippen molar-refractivity contribution in [3.63, 3.8) is 0 Å². The van der Waals surface area contributed by atoms with Crippen LogP contribution in [-0.2, 0) is 7.05 Å². The summed E-state index contributed by atoms with van der Waals surface area (Å²) in [7, 11) is 1.71. The lowest BCUT2D eigenvalue weighted by Gasteiger charge is -2.21. The van der Waals surface area contributed by atoms with Gasteiger partial charge in [0, 0.05) is 11.9 Å². The first-order valence-corrected chi connectivity index (χ1v) is 7.00. The van der Waals surface area contributed by atoms with Gasteiger partial charge in [-0.25, -0.2) is 0 Å². The minimum absolute atomic E-state index is 0.0122. The summed E-state index contributed by atoms with van der Waals surface area (Å²) in [6.45, 7) is 4.16. The van der Waals surface area contributed by atoms with Crippen molar-refractivity contribution in [2.45, 2.75) is 19.9 Å². The first kappa shape index (κ1) is 13.6. The number of thiophene rings is 1. The van der Waals surface area contributed by atoms with Gasteiger partial charge in [-0.3, -0.25) is 9.48 Å². The Morgan fingerprint density at radius 2 is 2.26 bits per heavy atom. The van der Waals surface area contributed by atoms with Crippen LogP contribution < -0.4 is 11.1 Å². The maximum atomic E-state index is 12.3. The van der Waals surface area contributed by atoms with Crippen molar-refractivity contribution in [3.05, 3.63) is 34.3 Å². The van der Waals surface area contributed by atoms with E-state index in [9.17, 15) is 4.79 Å². The molecule has 2 heterocycles. The highest BCUT2D eigenvalue weighted by Gasteiger charge is 2.22. The molecule has 0 aliphatic carbocycles. The van der Waals surface area contributed by atoms with Crippen molar-refractivity contribution in [3.8, 4) is 0 Å². The number of carbonyl (C=O) groups is 1. The fourth-order valence-electron chi connectivity index (χ4n) is 1.98. The molecule has 0 bridgehead atoms. The molecule has 6 heteroatoms. The molecule has 0 spiro atoms. The second kappa shape index (κ2) is 5.44. The molecule has 0 fully saturated rings. The molecular formula is C13H18N4OS. The summed E-state index contributed by atoms with van der Waals surface area (Å²) < 4.78 is 1.50. The van der Waals surface area contributed by atoms with Gasteiger partial charge in [0.05, 0.1) is 17.9 Å². The summed E-state index contributed by atoms with van der Waals surface area (Å²) in [5, 5.41) is 9.03. The molecule has 1 unspecified atom stereocenters. The predicted octanol–water partition coefficient (Wildman–Crippen LogP) is 2.19. The standard InChI is InChI=1S/C13H18N4OS/c1-8(2)11(10-5-4-6-19-10)16-13(18)12-9(14)7-15-17(12)3/h4-8,11H,14H2,1-3H3,(H,16,18). The van der Waals surface area contributed by atoms with Gasteiger partial charge in [0.2, 0.25) is 0 Å². The molecule has 2 aromatic rings. The number of nitrogen functional groups attached to an aromatic ring is 1. The number of nitrogens with two attached hydrogens (primary N) is 1. The summed E-state index contributed by atoms with van der Waals surface area (Å²) >= 11 is 1.64. The number of nitrogens with zero attached hydrogens (tertiary/aromatic N) is 2. The largest absolute Gasteiger partial charge is 0.396 e. The molecule has 0 aliphatic rings.